The van der Waals surface area contributed by atoms with Gasteiger partial charge < -0.3 is 5.11 Å². The zero-order valence-electron chi connectivity index (χ0n) is 12.3. The number of hydrogen-bond acceptors (Lipinski definition) is 3. The molecule has 2 aliphatic carbocycles. The van der Waals surface area contributed by atoms with Crippen molar-refractivity contribution in [2.45, 2.75) is 63.8 Å². The molecule has 4 nitrogen and oxygen atoms in total. The molecular formula is C16H25NO3. The van der Waals surface area contributed by atoms with E-state index in [1.807, 2.05) is 0 Å². The number of aliphatic hydroxyl groups excluding tert-OH is 1. The van der Waals surface area contributed by atoms with E-state index in [1.165, 1.54) is 4.90 Å². The molecule has 3 rings (SSSR count). The van der Waals surface area contributed by atoms with Gasteiger partial charge in [-0.2, -0.15) is 0 Å². The first-order valence-corrected chi connectivity index (χ1v) is 8.08. The van der Waals surface area contributed by atoms with Crippen molar-refractivity contribution in [3.8, 4) is 0 Å². The first-order valence-electron chi connectivity index (χ1n) is 8.08. The molecule has 4 heteroatoms. The van der Waals surface area contributed by atoms with Gasteiger partial charge in [-0.3, -0.25) is 14.5 Å². The molecule has 1 heterocycles. The highest BCUT2D eigenvalue weighted by atomic mass is 16.3. The van der Waals surface area contributed by atoms with Crippen LogP contribution in [0.2, 0.25) is 0 Å². The Balaban J connectivity index is 1.91. The molecule has 0 aromatic carbocycles. The van der Waals surface area contributed by atoms with Gasteiger partial charge in [0.15, 0.2) is 0 Å². The average Bonchev–Trinajstić information content (AvgIpc) is 2.72. The van der Waals surface area contributed by atoms with Gasteiger partial charge >= 0.3 is 0 Å². The lowest BCUT2D eigenvalue weighted by Gasteiger charge is -2.44. The van der Waals surface area contributed by atoms with Crippen molar-refractivity contribution in [2.75, 3.05) is 6.61 Å². The molecule has 4 unspecified atom stereocenters. The van der Waals surface area contributed by atoms with Crippen molar-refractivity contribution in [2.24, 2.45) is 17.8 Å². The van der Waals surface area contributed by atoms with Crippen LogP contribution in [0.15, 0.2) is 0 Å². The fourth-order valence-electron chi connectivity index (χ4n) is 4.68. The highest BCUT2D eigenvalue weighted by molar-refractivity contribution is 6.06. The largest absolute Gasteiger partial charge is 0.394 e. The zero-order chi connectivity index (χ0) is 14.3. The number of likely N-dealkylation sites (tertiary alicyclic amines) is 1. The quantitative estimate of drug-likeness (QED) is 0.788. The van der Waals surface area contributed by atoms with Gasteiger partial charge in [0.1, 0.15) is 0 Å². The minimum atomic E-state index is -0.608. The van der Waals surface area contributed by atoms with Crippen molar-refractivity contribution in [3.63, 3.8) is 0 Å². The van der Waals surface area contributed by atoms with Crippen LogP contribution in [-0.2, 0) is 9.59 Å². The third-order valence-corrected chi connectivity index (χ3v) is 5.68. The fraction of sp³-hybridized carbons (Fsp3) is 0.875. The Bertz CT molecular complexity index is 398. The summed E-state index contributed by atoms with van der Waals surface area (Å²) in [6.45, 7) is 2.08. The zero-order valence-corrected chi connectivity index (χ0v) is 12.3. The lowest BCUT2D eigenvalue weighted by Crippen LogP contribution is -2.57. The number of amides is 2. The summed E-state index contributed by atoms with van der Waals surface area (Å²) in [5, 5.41) is 9.94. The van der Waals surface area contributed by atoms with Crippen LogP contribution in [0.5, 0.6) is 0 Å². The Kier molecular flexibility index (Phi) is 3.61. The van der Waals surface area contributed by atoms with Gasteiger partial charge in [-0.05, 0) is 31.6 Å². The standard InChI is InChI=1S/C16H25NO3/c1-11-5-4-8-16(9-11,10-18)17-14(19)12-6-2-3-7-13(12)15(17)20/h11-13,18H,2-10H2,1H3. The number of carbonyl (C=O) groups excluding carboxylic acids is 2. The number of hydrogen-bond donors (Lipinski definition) is 1. The predicted molar refractivity (Wildman–Crippen MR) is 74.7 cm³/mol. The monoisotopic (exact) mass is 279 g/mol. The molecule has 2 saturated carbocycles. The maximum atomic E-state index is 12.7. The van der Waals surface area contributed by atoms with Crippen LogP contribution in [0.1, 0.15) is 58.3 Å². The summed E-state index contributed by atoms with van der Waals surface area (Å²) in [5.41, 5.74) is -0.608. The number of aliphatic hydroxyl groups is 1. The van der Waals surface area contributed by atoms with Gasteiger partial charge in [-0.15, -0.1) is 0 Å². The van der Waals surface area contributed by atoms with Crippen LogP contribution < -0.4 is 0 Å². The lowest BCUT2D eigenvalue weighted by atomic mass is 9.75. The van der Waals surface area contributed by atoms with Gasteiger partial charge in [0.05, 0.1) is 24.0 Å². The van der Waals surface area contributed by atoms with Crippen LogP contribution in [0.3, 0.4) is 0 Å². The Morgan fingerprint density at radius 1 is 1.10 bits per heavy atom. The van der Waals surface area contributed by atoms with E-state index in [1.54, 1.807) is 0 Å². The summed E-state index contributed by atoms with van der Waals surface area (Å²) < 4.78 is 0. The van der Waals surface area contributed by atoms with E-state index >= 15 is 0 Å². The van der Waals surface area contributed by atoms with Crippen LogP contribution >= 0.6 is 0 Å². The van der Waals surface area contributed by atoms with E-state index in [-0.39, 0.29) is 30.3 Å². The molecule has 1 N–H and O–H groups in total. The van der Waals surface area contributed by atoms with Gasteiger partial charge in [-0.1, -0.05) is 32.6 Å². The predicted octanol–water partition coefficient (Wildman–Crippen LogP) is 2.10. The highest BCUT2D eigenvalue weighted by Crippen LogP contribution is 2.45. The van der Waals surface area contributed by atoms with E-state index in [0.717, 1.165) is 51.4 Å². The molecule has 20 heavy (non-hydrogen) atoms. The summed E-state index contributed by atoms with van der Waals surface area (Å²) in [5.74, 6) is 0.277. The summed E-state index contributed by atoms with van der Waals surface area (Å²) in [4.78, 5) is 26.9. The fourth-order valence-corrected chi connectivity index (χ4v) is 4.68. The molecule has 3 aliphatic rings. The molecule has 0 spiro atoms. The summed E-state index contributed by atoms with van der Waals surface area (Å²) >= 11 is 0. The second-order valence-corrected chi connectivity index (χ2v) is 7.09. The minimum Gasteiger partial charge on any atom is -0.394 e. The number of imide groups is 1. The average molecular weight is 279 g/mol. The van der Waals surface area contributed by atoms with E-state index in [9.17, 15) is 14.7 Å². The second-order valence-electron chi connectivity index (χ2n) is 7.09. The minimum absolute atomic E-state index is 0.00264. The third kappa shape index (κ3) is 2.00. The van der Waals surface area contributed by atoms with Crippen LogP contribution in [0.25, 0.3) is 0 Å². The van der Waals surface area contributed by atoms with Crippen molar-refractivity contribution < 1.29 is 14.7 Å². The molecular weight excluding hydrogens is 254 g/mol. The third-order valence-electron chi connectivity index (χ3n) is 5.68. The molecule has 0 aromatic rings. The SMILES string of the molecule is CC1CCCC(CO)(N2C(=O)C3CCCCC3C2=O)C1. The molecule has 2 amide bonds. The molecule has 4 atom stereocenters. The van der Waals surface area contributed by atoms with Crippen LogP contribution in [0.4, 0.5) is 0 Å². The van der Waals surface area contributed by atoms with Gasteiger partial charge in [-0.25, -0.2) is 0 Å². The van der Waals surface area contributed by atoms with Crippen molar-refractivity contribution in [1.29, 1.82) is 0 Å². The normalized spacial score (nSPS) is 41.9. The molecule has 0 bridgehead atoms. The first kappa shape index (κ1) is 14.1. The van der Waals surface area contributed by atoms with Gasteiger partial charge in [0, 0.05) is 0 Å². The summed E-state index contributed by atoms with van der Waals surface area (Å²) in [7, 11) is 0. The van der Waals surface area contributed by atoms with E-state index in [0.29, 0.717) is 5.92 Å². The smallest absolute Gasteiger partial charge is 0.233 e. The molecule has 0 radical (unpaired) electrons. The van der Waals surface area contributed by atoms with Gasteiger partial charge in [0.25, 0.3) is 0 Å². The number of fused-ring (bicyclic) bond motifs is 1. The molecule has 3 fully saturated rings. The Morgan fingerprint density at radius 2 is 1.70 bits per heavy atom. The highest BCUT2D eigenvalue weighted by Gasteiger charge is 2.56. The van der Waals surface area contributed by atoms with Gasteiger partial charge in [0.2, 0.25) is 11.8 Å². The Morgan fingerprint density at radius 3 is 2.20 bits per heavy atom. The van der Waals surface area contributed by atoms with Crippen molar-refractivity contribution in [3.05, 3.63) is 0 Å². The summed E-state index contributed by atoms with van der Waals surface area (Å²) in [6.07, 6.45) is 7.46. The van der Waals surface area contributed by atoms with Crippen molar-refractivity contribution >= 4 is 11.8 Å². The molecule has 1 aliphatic heterocycles. The lowest BCUT2D eigenvalue weighted by molar-refractivity contribution is -0.152. The summed E-state index contributed by atoms with van der Waals surface area (Å²) in [6, 6.07) is 0. The maximum Gasteiger partial charge on any atom is 0.233 e. The maximum absolute atomic E-state index is 12.7. The first-order chi connectivity index (χ1) is 9.59. The van der Waals surface area contributed by atoms with Crippen molar-refractivity contribution in [1.82, 2.24) is 4.90 Å². The number of nitrogens with zero attached hydrogens (tertiary/aromatic N) is 1. The second kappa shape index (κ2) is 5.14. The molecule has 112 valence electrons. The Labute approximate surface area is 120 Å². The van der Waals surface area contributed by atoms with Crippen LogP contribution in [0, 0.1) is 17.8 Å². The topological polar surface area (TPSA) is 57.6 Å². The van der Waals surface area contributed by atoms with Crippen LogP contribution in [-0.4, -0.2) is 34.0 Å². The van der Waals surface area contributed by atoms with E-state index in [2.05, 4.69) is 6.92 Å². The van der Waals surface area contributed by atoms with E-state index in [4.69, 9.17) is 0 Å². The van der Waals surface area contributed by atoms with E-state index < -0.39 is 5.54 Å². The Hall–Kier alpha value is -0.900. The molecule has 0 aromatic heterocycles. The molecule has 1 saturated heterocycles. The number of rotatable bonds is 2. The number of carbonyl (C=O) groups is 2.